The van der Waals surface area contributed by atoms with E-state index in [2.05, 4.69) is 0 Å². The Bertz CT molecular complexity index is 651. The van der Waals surface area contributed by atoms with E-state index in [1.54, 1.807) is 14.2 Å². The predicted molar refractivity (Wildman–Crippen MR) is 81.9 cm³/mol. The zero-order valence-electron chi connectivity index (χ0n) is 12.4. The molecule has 0 radical (unpaired) electrons. The molecule has 3 rings (SSSR count). The molecular formula is C18H20O3. The van der Waals surface area contributed by atoms with Crippen LogP contribution in [-0.2, 0) is 18.4 Å². The summed E-state index contributed by atoms with van der Waals surface area (Å²) in [5, 5.41) is 11.1. The minimum atomic E-state index is -0.849. The van der Waals surface area contributed by atoms with Crippen LogP contribution in [0.4, 0.5) is 0 Å². The number of aliphatic hydroxyl groups is 1. The minimum absolute atomic E-state index is 0.553. The summed E-state index contributed by atoms with van der Waals surface area (Å²) in [6.07, 6.45) is 2.18. The van der Waals surface area contributed by atoms with Crippen LogP contribution >= 0.6 is 0 Å². The molecule has 2 aromatic rings. The van der Waals surface area contributed by atoms with E-state index >= 15 is 0 Å². The van der Waals surface area contributed by atoms with Crippen LogP contribution in [0.2, 0.25) is 0 Å². The van der Waals surface area contributed by atoms with E-state index in [1.807, 2.05) is 42.5 Å². The first-order chi connectivity index (χ1) is 10.2. The molecule has 3 heteroatoms. The molecule has 21 heavy (non-hydrogen) atoms. The maximum atomic E-state index is 11.1. The lowest BCUT2D eigenvalue weighted by molar-refractivity contribution is 0.0382. The SMILES string of the molecule is COc1ccc2c(c1)C(O)(Cc1ccccc1OC)CC2. The fraction of sp³-hybridized carbons (Fsp3) is 0.333. The van der Waals surface area contributed by atoms with Gasteiger partial charge in [0.15, 0.2) is 0 Å². The number of hydrogen-bond acceptors (Lipinski definition) is 3. The second-order valence-corrected chi connectivity index (χ2v) is 5.54. The Kier molecular flexibility index (Phi) is 3.60. The lowest BCUT2D eigenvalue weighted by Gasteiger charge is -2.25. The van der Waals surface area contributed by atoms with Gasteiger partial charge in [0, 0.05) is 6.42 Å². The third-order valence-electron chi connectivity index (χ3n) is 4.30. The van der Waals surface area contributed by atoms with Gasteiger partial charge in [-0.25, -0.2) is 0 Å². The van der Waals surface area contributed by atoms with Crippen molar-refractivity contribution in [2.75, 3.05) is 14.2 Å². The van der Waals surface area contributed by atoms with E-state index in [-0.39, 0.29) is 0 Å². The van der Waals surface area contributed by atoms with Crippen molar-refractivity contribution in [3.05, 3.63) is 59.2 Å². The van der Waals surface area contributed by atoms with Gasteiger partial charge in [0.1, 0.15) is 11.5 Å². The van der Waals surface area contributed by atoms with Crippen LogP contribution in [0.5, 0.6) is 11.5 Å². The van der Waals surface area contributed by atoms with Crippen LogP contribution in [-0.4, -0.2) is 19.3 Å². The largest absolute Gasteiger partial charge is 0.497 e. The van der Waals surface area contributed by atoms with Crippen LogP contribution < -0.4 is 9.47 Å². The smallest absolute Gasteiger partial charge is 0.122 e. The van der Waals surface area contributed by atoms with Crippen molar-refractivity contribution in [3.8, 4) is 11.5 Å². The van der Waals surface area contributed by atoms with Gasteiger partial charge >= 0.3 is 0 Å². The molecule has 2 aromatic carbocycles. The Hall–Kier alpha value is -2.00. The van der Waals surface area contributed by atoms with Crippen molar-refractivity contribution in [1.29, 1.82) is 0 Å². The van der Waals surface area contributed by atoms with Gasteiger partial charge in [-0.05, 0) is 47.7 Å². The van der Waals surface area contributed by atoms with Crippen molar-refractivity contribution in [3.63, 3.8) is 0 Å². The lowest BCUT2D eigenvalue weighted by Crippen LogP contribution is -2.25. The monoisotopic (exact) mass is 284 g/mol. The maximum absolute atomic E-state index is 11.1. The number of benzene rings is 2. The summed E-state index contributed by atoms with van der Waals surface area (Å²) in [5.41, 5.74) is 2.36. The van der Waals surface area contributed by atoms with Gasteiger partial charge in [-0.15, -0.1) is 0 Å². The van der Waals surface area contributed by atoms with E-state index < -0.39 is 5.60 Å². The standard InChI is InChI=1S/C18H20O3/c1-20-15-8-7-13-9-10-18(19,16(13)11-15)12-14-5-3-4-6-17(14)21-2/h3-8,11,19H,9-10,12H2,1-2H3. The van der Waals surface area contributed by atoms with Crippen LogP contribution in [0.25, 0.3) is 0 Å². The topological polar surface area (TPSA) is 38.7 Å². The van der Waals surface area contributed by atoms with Crippen molar-refractivity contribution in [2.24, 2.45) is 0 Å². The van der Waals surface area contributed by atoms with E-state index in [4.69, 9.17) is 9.47 Å². The van der Waals surface area contributed by atoms with Gasteiger partial charge in [0.25, 0.3) is 0 Å². The summed E-state index contributed by atoms with van der Waals surface area (Å²) in [6.45, 7) is 0. The average molecular weight is 284 g/mol. The highest BCUT2D eigenvalue weighted by Crippen LogP contribution is 2.42. The molecular weight excluding hydrogens is 264 g/mol. The third kappa shape index (κ3) is 2.49. The van der Waals surface area contributed by atoms with Gasteiger partial charge < -0.3 is 14.6 Å². The number of para-hydroxylation sites is 1. The van der Waals surface area contributed by atoms with E-state index in [1.165, 1.54) is 5.56 Å². The Morgan fingerprint density at radius 3 is 2.67 bits per heavy atom. The van der Waals surface area contributed by atoms with Gasteiger partial charge in [0.2, 0.25) is 0 Å². The Morgan fingerprint density at radius 2 is 1.90 bits per heavy atom. The molecule has 1 atom stereocenters. The molecule has 3 nitrogen and oxygen atoms in total. The molecule has 0 aromatic heterocycles. The Morgan fingerprint density at radius 1 is 1.10 bits per heavy atom. The molecule has 110 valence electrons. The first kappa shape index (κ1) is 14.0. The highest BCUT2D eigenvalue weighted by atomic mass is 16.5. The van der Waals surface area contributed by atoms with Gasteiger partial charge in [-0.1, -0.05) is 24.3 Å². The molecule has 1 aliphatic carbocycles. The summed E-state index contributed by atoms with van der Waals surface area (Å²) in [6, 6.07) is 13.8. The molecule has 0 fully saturated rings. The molecule has 0 amide bonds. The van der Waals surface area contributed by atoms with Crippen molar-refractivity contribution in [2.45, 2.75) is 24.9 Å². The highest BCUT2D eigenvalue weighted by molar-refractivity contribution is 5.45. The number of ether oxygens (including phenoxy) is 2. The normalized spacial score (nSPS) is 20.1. The third-order valence-corrected chi connectivity index (χ3v) is 4.30. The van der Waals surface area contributed by atoms with E-state index in [9.17, 15) is 5.11 Å². The Labute approximate surface area is 125 Å². The summed E-state index contributed by atoms with van der Waals surface area (Å²) in [4.78, 5) is 0. The van der Waals surface area contributed by atoms with Gasteiger partial charge in [0.05, 0.1) is 19.8 Å². The quantitative estimate of drug-likeness (QED) is 0.937. The average Bonchev–Trinajstić information content (AvgIpc) is 2.84. The van der Waals surface area contributed by atoms with E-state index in [0.717, 1.165) is 35.5 Å². The fourth-order valence-corrected chi connectivity index (χ4v) is 3.16. The summed E-state index contributed by atoms with van der Waals surface area (Å²) < 4.78 is 10.7. The summed E-state index contributed by atoms with van der Waals surface area (Å²) in [5.74, 6) is 1.61. The molecule has 0 spiro atoms. The number of methoxy groups -OCH3 is 2. The van der Waals surface area contributed by atoms with Crippen molar-refractivity contribution >= 4 is 0 Å². The number of aryl methyl sites for hydroxylation is 1. The maximum Gasteiger partial charge on any atom is 0.122 e. The molecule has 1 N–H and O–H groups in total. The van der Waals surface area contributed by atoms with Crippen LogP contribution in [0.1, 0.15) is 23.1 Å². The minimum Gasteiger partial charge on any atom is -0.497 e. The van der Waals surface area contributed by atoms with Crippen molar-refractivity contribution < 1.29 is 14.6 Å². The van der Waals surface area contributed by atoms with Gasteiger partial charge in [-0.3, -0.25) is 0 Å². The molecule has 0 bridgehead atoms. The molecule has 1 unspecified atom stereocenters. The zero-order chi connectivity index (χ0) is 14.9. The Balaban J connectivity index is 1.97. The predicted octanol–water partition coefficient (Wildman–Crippen LogP) is 3.08. The second-order valence-electron chi connectivity index (χ2n) is 5.54. The zero-order valence-corrected chi connectivity index (χ0v) is 12.4. The second kappa shape index (κ2) is 5.41. The first-order valence-corrected chi connectivity index (χ1v) is 7.18. The molecule has 0 saturated carbocycles. The summed E-state index contributed by atoms with van der Waals surface area (Å²) >= 11 is 0. The number of hydrogen-bond donors (Lipinski definition) is 1. The molecule has 0 aliphatic heterocycles. The van der Waals surface area contributed by atoms with E-state index in [0.29, 0.717) is 6.42 Å². The van der Waals surface area contributed by atoms with Crippen molar-refractivity contribution in [1.82, 2.24) is 0 Å². The first-order valence-electron chi connectivity index (χ1n) is 7.18. The number of fused-ring (bicyclic) bond motifs is 1. The molecule has 0 saturated heterocycles. The molecule has 0 heterocycles. The van der Waals surface area contributed by atoms with Crippen LogP contribution in [0.15, 0.2) is 42.5 Å². The molecule has 1 aliphatic rings. The lowest BCUT2D eigenvalue weighted by atomic mass is 9.88. The van der Waals surface area contributed by atoms with Crippen LogP contribution in [0, 0.1) is 0 Å². The van der Waals surface area contributed by atoms with Gasteiger partial charge in [-0.2, -0.15) is 0 Å². The number of rotatable bonds is 4. The highest BCUT2D eigenvalue weighted by Gasteiger charge is 2.37. The van der Waals surface area contributed by atoms with Crippen LogP contribution in [0.3, 0.4) is 0 Å². The summed E-state index contributed by atoms with van der Waals surface area (Å²) in [7, 11) is 3.31. The fourth-order valence-electron chi connectivity index (χ4n) is 3.16.